The number of benzene rings is 1. The van der Waals surface area contributed by atoms with Crippen molar-refractivity contribution in [2.75, 3.05) is 6.54 Å². The Labute approximate surface area is 114 Å². The van der Waals surface area contributed by atoms with Crippen molar-refractivity contribution in [2.24, 2.45) is 17.6 Å². The van der Waals surface area contributed by atoms with Crippen molar-refractivity contribution in [2.45, 2.75) is 37.6 Å². The fourth-order valence-corrected chi connectivity index (χ4v) is 3.38. The first-order valence-electron chi connectivity index (χ1n) is 7.35. The van der Waals surface area contributed by atoms with Crippen molar-refractivity contribution in [3.63, 3.8) is 0 Å². The van der Waals surface area contributed by atoms with Gasteiger partial charge in [0, 0.05) is 17.9 Å². The second-order valence-corrected chi connectivity index (χ2v) is 5.90. The molecule has 0 bridgehead atoms. The van der Waals surface area contributed by atoms with Gasteiger partial charge in [0.2, 0.25) is 5.91 Å². The quantitative estimate of drug-likeness (QED) is 0.868. The van der Waals surface area contributed by atoms with E-state index >= 15 is 0 Å². The monoisotopic (exact) mass is 258 g/mol. The van der Waals surface area contributed by atoms with Gasteiger partial charge in [-0.05, 0) is 37.3 Å². The van der Waals surface area contributed by atoms with E-state index < -0.39 is 0 Å². The van der Waals surface area contributed by atoms with Crippen LogP contribution in [0.15, 0.2) is 30.3 Å². The van der Waals surface area contributed by atoms with Crippen molar-refractivity contribution < 1.29 is 4.79 Å². The van der Waals surface area contributed by atoms with Crippen LogP contribution in [0.5, 0.6) is 0 Å². The molecule has 3 N–H and O–H groups in total. The van der Waals surface area contributed by atoms with Gasteiger partial charge in [-0.3, -0.25) is 4.79 Å². The van der Waals surface area contributed by atoms with E-state index in [-0.39, 0.29) is 11.8 Å². The normalized spacial score (nSPS) is 33.1. The van der Waals surface area contributed by atoms with Gasteiger partial charge in [0.1, 0.15) is 0 Å². The zero-order valence-electron chi connectivity index (χ0n) is 11.2. The van der Waals surface area contributed by atoms with E-state index in [4.69, 9.17) is 5.73 Å². The molecule has 2 saturated carbocycles. The molecule has 1 aromatic carbocycles. The van der Waals surface area contributed by atoms with Crippen molar-refractivity contribution in [1.29, 1.82) is 0 Å². The van der Waals surface area contributed by atoms with E-state index in [1.807, 2.05) is 6.07 Å². The van der Waals surface area contributed by atoms with Crippen LogP contribution in [-0.4, -0.2) is 18.5 Å². The highest BCUT2D eigenvalue weighted by molar-refractivity contribution is 5.80. The zero-order chi connectivity index (χ0) is 13.2. The van der Waals surface area contributed by atoms with Gasteiger partial charge in [-0.2, -0.15) is 0 Å². The molecule has 0 aliphatic heterocycles. The molecule has 2 unspecified atom stereocenters. The molecule has 102 valence electrons. The third kappa shape index (κ3) is 2.66. The molecule has 0 aromatic heterocycles. The second kappa shape index (κ2) is 5.33. The summed E-state index contributed by atoms with van der Waals surface area (Å²) in [7, 11) is 0. The molecule has 1 aromatic rings. The fraction of sp³-hybridized carbons (Fsp3) is 0.562. The lowest BCUT2D eigenvalue weighted by Gasteiger charge is -2.17. The highest BCUT2D eigenvalue weighted by atomic mass is 16.2. The molecule has 0 radical (unpaired) electrons. The van der Waals surface area contributed by atoms with E-state index in [1.54, 1.807) is 0 Å². The first kappa shape index (κ1) is 12.7. The molecule has 0 saturated heterocycles. The average Bonchev–Trinajstić information content (AvgIpc) is 3.04. The molecule has 0 heterocycles. The van der Waals surface area contributed by atoms with Gasteiger partial charge >= 0.3 is 0 Å². The minimum Gasteiger partial charge on any atom is -0.352 e. The zero-order valence-corrected chi connectivity index (χ0v) is 11.2. The van der Waals surface area contributed by atoms with Crippen LogP contribution < -0.4 is 11.1 Å². The van der Waals surface area contributed by atoms with Crippen LogP contribution in [0.3, 0.4) is 0 Å². The van der Waals surface area contributed by atoms with E-state index in [1.165, 1.54) is 5.56 Å². The number of carbonyl (C=O) groups excluding carboxylic acids is 1. The fourth-order valence-electron chi connectivity index (χ4n) is 3.38. The Bertz CT molecular complexity index is 445. The lowest BCUT2D eigenvalue weighted by atomic mass is 9.95. The van der Waals surface area contributed by atoms with Gasteiger partial charge in [-0.15, -0.1) is 0 Å². The van der Waals surface area contributed by atoms with E-state index in [9.17, 15) is 4.79 Å². The minimum absolute atomic E-state index is 0.155. The summed E-state index contributed by atoms with van der Waals surface area (Å²) >= 11 is 0. The number of hydrogen-bond donors (Lipinski definition) is 2. The Balaban J connectivity index is 1.55. The van der Waals surface area contributed by atoms with Crippen molar-refractivity contribution in [3.05, 3.63) is 35.9 Å². The molecule has 4 atom stereocenters. The SMILES string of the molecule is NC[C@H]1CCC[C@H]1C(=O)NC1CC1c1ccccc1. The first-order chi connectivity index (χ1) is 9.29. The van der Waals surface area contributed by atoms with Crippen LogP contribution in [0.1, 0.15) is 37.2 Å². The van der Waals surface area contributed by atoms with Gasteiger partial charge in [-0.1, -0.05) is 36.8 Å². The lowest BCUT2D eigenvalue weighted by Crippen LogP contribution is -2.36. The maximum atomic E-state index is 12.3. The van der Waals surface area contributed by atoms with Gasteiger partial charge < -0.3 is 11.1 Å². The summed E-state index contributed by atoms with van der Waals surface area (Å²) in [6, 6.07) is 10.8. The molecule has 3 rings (SSSR count). The van der Waals surface area contributed by atoms with Crippen molar-refractivity contribution >= 4 is 5.91 Å². The van der Waals surface area contributed by atoms with E-state index in [2.05, 4.69) is 29.6 Å². The number of rotatable bonds is 4. The van der Waals surface area contributed by atoms with Crippen LogP contribution in [0.4, 0.5) is 0 Å². The van der Waals surface area contributed by atoms with Crippen LogP contribution in [-0.2, 0) is 4.79 Å². The third-order valence-electron chi connectivity index (χ3n) is 4.64. The van der Waals surface area contributed by atoms with E-state index in [0.29, 0.717) is 24.4 Å². The van der Waals surface area contributed by atoms with E-state index in [0.717, 1.165) is 25.7 Å². The standard InChI is InChI=1S/C16H22N2O/c17-10-12-7-4-8-13(12)16(19)18-15-9-14(15)11-5-2-1-3-6-11/h1-3,5-6,12-15H,4,7-10,17H2,(H,18,19)/t12-,13-,14?,15?/m1/s1. The molecule has 2 aliphatic rings. The Kier molecular flexibility index (Phi) is 3.56. The van der Waals surface area contributed by atoms with Crippen molar-refractivity contribution in [1.82, 2.24) is 5.32 Å². The van der Waals surface area contributed by atoms with Crippen LogP contribution >= 0.6 is 0 Å². The molecule has 19 heavy (non-hydrogen) atoms. The summed E-state index contributed by atoms with van der Waals surface area (Å²) in [6.45, 7) is 0.644. The topological polar surface area (TPSA) is 55.1 Å². The Hall–Kier alpha value is -1.35. The maximum absolute atomic E-state index is 12.3. The van der Waals surface area contributed by atoms with Gasteiger partial charge in [0.15, 0.2) is 0 Å². The molecule has 1 amide bonds. The summed E-state index contributed by atoms with van der Waals surface area (Å²) in [4.78, 5) is 12.3. The van der Waals surface area contributed by atoms with Crippen molar-refractivity contribution in [3.8, 4) is 0 Å². The predicted octanol–water partition coefficient (Wildman–Crippen LogP) is 2.03. The largest absolute Gasteiger partial charge is 0.352 e. The molecule has 2 fully saturated rings. The lowest BCUT2D eigenvalue weighted by molar-refractivity contribution is -0.126. The van der Waals surface area contributed by atoms with Crippen LogP contribution in [0.25, 0.3) is 0 Å². The summed E-state index contributed by atoms with van der Waals surface area (Å²) in [5, 5.41) is 3.21. The molecular formula is C16H22N2O. The summed E-state index contributed by atoms with van der Waals surface area (Å²) in [5.74, 6) is 1.30. The predicted molar refractivity (Wildman–Crippen MR) is 75.6 cm³/mol. The first-order valence-corrected chi connectivity index (χ1v) is 7.35. The number of amides is 1. The number of carbonyl (C=O) groups is 1. The molecule has 3 heteroatoms. The van der Waals surface area contributed by atoms with Gasteiger partial charge in [-0.25, -0.2) is 0 Å². The van der Waals surface area contributed by atoms with Gasteiger partial charge in [0.25, 0.3) is 0 Å². The molecular weight excluding hydrogens is 236 g/mol. The average molecular weight is 258 g/mol. The third-order valence-corrected chi connectivity index (χ3v) is 4.64. The summed E-state index contributed by atoms with van der Waals surface area (Å²) in [5.41, 5.74) is 7.09. The Morgan fingerprint density at radius 3 is 2.79 bits per heavy atom. The molecule has 0 spiro atoms. The van der Waals surface area contributed by atoms with Gasteiger partial charge in [0.05, 0.1) is 0 Å². The number of nitrogens with two attached hydrogens (primary N) is 1. The Morgan fingerprint density at radius 2 is 2.05 bits per heavy atom. The summed E-state index contributed by atoms with van der Waals surface area (Å²) < 4.78 is 0. The van der Waals surface area contributed by atoms with Crippen LogP contribution in [0, 0.1) is 11.8 Å². The van der Waals surface area contributed by atoms with Crippen LogP contribution in [0.2, 0.25) is 0 Å². The highest BCUT2D eigenvalue weighted by Gasteiger charge is 2.41. The number of hydrogen-bond acceptors (Lipinski definition) is 2. The summed E-state index contributed by atoms with van der Waals surface area (Å²) in [6.07, 6.45) is 4.35. The number of nitrogens with one attached hydrogen (secondary N) is 1. The molecule has 3 nitrogen and oxygen atoms in total. The minimum atomic E-state index is 0.155. The smallest absolute Gasteiger partial charge is 0.223 e. The molecule has 2 aliphatic carbocycles. The maximum Gasteiger partial charge on any atom is 0.223 e. The highest BCUT2D eigenvalue weighted by Crippen LogP contribution is 2.41. The second-order valence-electron chi connectivity index (χ2n) is 5.90. The Morgan fingerprint density at radius 1 is 1.26 bits per heavy atom.